The molecule has 0 amide bonds. The predicted octanol–water partition coefficient (Wildman–Crippen LogP) is 0.688. The molecule has 64 valence electrons. The molecule has 0 aromatic carbocycles. The van der Waals surface area contributed by atoms with Gasteiger partial charge >= 0.3 is 0 Å². The van der Waals surface area contributed by atoms with Crippen LogP contribution in [0, 0.1) is 5.92 Å². The smallest absolute Gasteiger partial charge is 0.0264 e. The molecule has 2 saturated heterocycles. The van der Waals surface area contributed by atoms with Crippen molar-refractivity contribution in [1.29, 1.82) is 0 Å². The maximum Gasteiger partial charge on any atom is 0.0264 e. The Labute approximate surface area is 69.0 Å². The highest BCUT2D eigenvalue weighted by atomic mass is 15.3. The quantitative estimate of drug-likeness (QED) is 0.598. The molecule has 1 unspecified atom stereocenters. The zero-order chi connectivity index (χ0) is 7.84. The highest BCUT2D eigenvalue weighted by molar-refractivity contribution is 4.97. The van der Waals surface area contributed by atoms with Gasteiger partial charge in [0.2, 0.25) is 0 Å². The van der Waals surface area contributed by atoms with Crippen LogP contribution in [-0.4, -0.2) is 36.6 Å². The molecular formula is C9H18N2. The predicted molar refractivity (Wildman–Crippen MR) is 46.6 cm³/mol. The number of fused-ring (bicyclic) bond motifs is 1. The third-order valence-electron chi connectivity index (χ3n) is 3.12. The fraction of sp³-hybridized carbons (Fsp3) is 1.00. The first-order valence-corrected chi connectivity index (χ1v) is 4.75. The van der Waals surface area contributed by atoms with E-state index >= 15 is 0 Å². The van der Waals surface area contributed by atoms with Crippen LogP contribution in [-0.2, 0) is 0 Å². The van der Waals surface area contributed by atoms with E-state index in [1.807, 2.05) is 0 Å². The van der Waals surface area contributed by atoms with E-state index in [1.165, 1.54) is 26.1 Å². The van der Waals surface area contributed by atoms with Crippen LogP contribution >= 0.6 is 0 Å². The second-order valence-corrected chi connectivity index (χ2v) is 4.11. The third kappa shape index (κ3) is 1.18. The SMILES string of the molecule is CC(C)N1C[C@@H]2CCNCC21. The first-order chi connectivity index (χ1) is 5.29. The van der Waals surface area contributed by atoms with Crippen LogP contribution in [0.1, 0.15) is 20.3 Å². The van der Waals surface area contributed by atoms with Gasteiger partial charge in [0.05, 0.1) is 0 Å². The molecule has 11 heavy (non-hydrogen) atoms. The number of nitrogens with zero attached hydrogens (tertiary/aromatic N) is 1. The number of rotatable bonds is 1. The molecule has 2 rings (SSSR count). The van der Waals surface area contributed by atoms with Crippen LogP contribution < -0.4 is 5.32 Å². The minimum Gasteiger partial charge on any atom is -0.315 e. The normalized spacial score (nSPS) is 38.5. The molecule has 2 heteroatoms. The van der Waals surface area contributed by atoms with Gasteiger partial charge in [-0.3, -0.25) is 4.90 Å². The summed E-state index contributed by atoms with van der Waals surface area (Å²) in [7, 11) is 0. The van der Waals surface area contributed by atoms with Gasteiger partial charge in [-0.05, 0) is 32.7 Å². The van der Waals surface area contributed by atoms with Crippen LogP contribution in [0.25, 0.3) is 0 Å². The molecule has 2 atom stereocenters. The van der Waals surface area contributed by atoms with Crippen molar-refractivity contribution in [2.24, 2.45) is 5.92 Å². The second-order valence-electron chi connectivity index (χ2n) is 4.11. The van der Waals surface area contributed by atoms with Gasteiger partial charge in [0.25, 0.3) is 0 Å². The standard InChI is InChI=1S/C9H18N2/c1-7(2)11-6-8-3-4-10-5-9(8)11/h7-10H,3-6H2,1-2H3/t8-,9?/m0/s1. The molecule has 0 radical (unpaired) electrons. The van der Waals surface area contributed by atoms with E-state index in [0.29, 0.717) is 0 Å². The molecule has 2 nitrogen and oxygen atoms in total. The van der Waals surface area contributed by atoms with E-state index in [4.69, 9.17) is 0 Å². The molecule has 0 saturated carbocycles. The van der Waals surface area contributed by atoms with Crippen LogP contribution in [0.5, 0.6) is 0 Å². The van der Waals surface area contributed by atoms with E-state index < -0.39 is 0 Å². The van der Waals surface area contributed by atoms with Gasteiger partial charge in [-0.25, -0.2) is 0 Å². The highest BCUT2D eigenvalue weighted by Gasteiger charge is 2.40. The van der Waals surface area contributed by atoms with Crippen molar-refractivity contribution in [3.05, 3.63) is 0 Å². The highest BCUT2D eigenvalue weighted by Crippen LogP contribution is 2.30. The van der Waals surface area contributed by atoms with E-state index in [9.17, 15) is 0 Å². The lowest BCUT2D eigenvalue weighted by molar-refractivity contribution is -0.0281. The molecule has 1 N–H and O–H groups in total. The summed E-state index contributed by atoms with van der Waals surface area (Å²) in [5, 5.41) is 3.46. The van der Waals surface area contributed by atoms with Crippen molar-refractivity contribution in [3.63, 3.8) is 0 Å². The summed E-state index contributed by atoms with van der Waals surface area (Å²) in [6.45, 7) is 8.41. The average Bonchev–Trinajstić information content (AvgIpc) is 1.90. The molecule has 0 aromatic heterocycles. The molecular weight excluding hydrogens is 136 g/mol. The van der Waals surface area contributed by atoms with Crippen molar-refractivity contribution < 1.29 is 0 Å². The van der Waals surface area contributed by atoms with Crippen LogP contribution in [0.3, 0.4) is 0 Å². The van der Waals surface area contributed by atoms with Crippen molar-refractivity contribution in [2.75, 3.05) is 19.6 Å². The lowest BCUT2D eigenvalue weighted by Gasteiger charge is -2.53. The molecule has 0 bridgehead atoms. The number of hydrogen-bond acceptors (Lipinski definition) is 2. The first-order valence-electron chi connectivity index (χ1n) is 4.75. The summed E-state index contributed by atoms with van der Waals surface area (Å²) in [6, 6.07) is 1.61. The van der Waals surface area contributed by atoms with Crippen LogP contribution in [0.2, 0.25) is 0 Å². The molecule has 2 heterocycles. The maximum atomic E-state index is 3.46. The molecule has 2 fully saturated rings. The van der Waals surface area contributed by atoms with Crippen molar-refractivity contribution in [3.8, 4) is 0 Å². The van der Waals surface area contributed by atoms with E-state index in [2.05, 4.69) is 24.1 Å². The lowest BCUT2D eigenvalue weighted by atomic mass is 9.82. The Kier molecular flexibility index (Phi) is 1.90. The van der Waals surface area contributed by atoms with Crippen molar-refractivity contribution >= 4 is 0 Å². The summed E-state index contributed by atoms with van der Waals surface area (Å²) < 4.78 is 0. The molecule has 2 aliphatic heterocycles. The van der Waals surface area contributed by atoms with Gasteiger partial charge in [-0.2, -0.15) is 0 Å². The van der Waals surface area contributed by atoms with E-state index in [-0.39, 0.29) is 0 Å². The van der Waals surface area contributed by atoms with Gasteiger partial charge < -0.3 is 5.32 Å². The number of likely N-dealkylation sites (tertiary alicyclic amines) is 1. The monoisotopic (exact) mass is 154 g/mol. The Morgan fingerprint density at radius 2 is 2.27 bits per heavy atom. The zero-order valence-electron chi connectivity index (χ0n) is 7.51. The van der Waals surface area contributed by atoms with Gasteiger partial charge in [-0.1, -0.05) is 0 Å². The van der Waals surface area contributed by atoms with E-state index in [0.717, 1.165) is 18.0 Å². The fourth-order valence-corrected chi connectivity index (χ4v) is 2.36. The maximum absolute atomic E-state index is 3.46. The van der Waals surface area contributed by atoms with Crippen molar-refractivity contribution in [2.45, 2.75) is 32.4 Å². The van der Waals surface area contributed by atoms with Gasteiger partial charge in [0.15, 0.2) is 0 Å². The van der Waals surface area contributed by atoms with Crippen LogP contribution in [0.4, 0.5) is 0 Å². The Bertz CT molecular complexity index is 144. The Balaban J connectivity index is 1.91. The van der Waals surface area contributed by atoms with Gasteiger partial charge in [-0.15, -0.1) is 0 Å². The number of hydrogen-bond donors (Lipinski definition) is 1. The Hall–Kier alpha value is -0.0800. The summed E-state index contributed by atoms with van der Waals surface area (Å²) >= 11 is 0. The summed E-state index contributed by atoms with van der Waals surface area (Å²) in [4.78, 5) is 2.61. The molecule has 0 aromatic rings. The Morgan fingerprint density at radius 3 is 2.91 bits per heavy atom. The fourth-order valence-electron chi connectivity index (χ4n) is 2.36. The third-order valence-corrected chi connectivity index (χ3v) is 3.12. The number of nitrogens with one attached hydrogen (secondary N) is 1. The summed E-state index contributed by atoms with van der Waals surface area (Å²) in [5.74, 6) is 1.01. The van der Waals surface area contributed by atoms with E-state index in [1.54, 1.807) is 0 Å². The van der Waals surface area contributed by atoms with Crippen LogP contribution in [0.15, 0.2) is 0 Å². The minimum absolute atomic E-state index is 0.746. The first kappa shape index (κ1) is 7.56. The molecule has 0 aliphatic carbocycles. The summed E-state index contributed by atoms with van der Waals surface area (Å²) in [5.41, 5.74) is 0. The zero-order valence-corrected chi connectivity index (χ0v) is 7.51. The lowest BCUT2D eigenvalue weighted by Crippen LogP contribution is -2.65. The minimum atomic E-state index is 0.746. The summed E-state index contributed by atoms with van der Waals surface area (Å²) in [6.07, 6.45) is 1.40. The largest absolute Gasteiger partial charge is 0.315 e. The number of piperidine rings is 1. The average molecular weight is 154 g/mol. The van der Waals surface area contributed by atoms with Crippen molar-refractivity contribution in [1.82, 2.24) is 10.2 Å². The Morgan fingerprint density at radius 1 is 1.45 bits per heavy atom. The molecule has 0 spiro atoms. The topological polar surface area (TPSA) is 15.3 Å². The second kappa shape index (κ2) is 2.76. The van der Waals surface area contributed by atoms with Gasteiger partial charge in [0, 0.05) is 25.2 Å². The molecule has 2 aliphatic rings. The van der Waals surface area contributed by atoms with Gasteiger partial charge in [0.1, 0.15) is 0 Å².